The number of carbonyl (C=O) groups is 1. The Hall–Kier alpha value is -1.54. The molecule has 19 heavy (non-hydrogen) atoms. The van der Waals surface area contributed by atoms with Crippen molar-refractivity contribution in [2.75, 3.05) is 13.1 Å². The van der Waals surface area contributed by atoms with Crippen molar-refractivity contribution in [3.63, 3.8) is 0 Å². The summed E-state index contributed by atoms with van der Waals surface area (Å²) in [6.45, 7) is 1.53. The van der Waals surface area contributed by atoms with Gasteiger partial charge in [0.15, 0.2) is 0 Å². The number of piperidine rings is 1. The van der Waals surface area contributed by atoms with E-state index in [4.69, 9.17) is 11.6 Å². The van der Waals surface area contributed by atoms with Crippen LogP contribution in [-0.4, -0.2) is 29.3 Å². The Morgan fingerprint density at radius 2 is 1.74 bits per heavy atom. The van der Waals surface area contributed by atoms with Gasteiger partial charge in [0.05, 0.1) is 0 Å². The fraction of sp³-hybridized carbons (Fsp3) is 0.312. The van der Waals surface area contributed by atoms with Gasteiger partial charge < -0.3 is 4.90 Å². The third kappa shape index (κ3) is 2.59. The summed E-state index contributed by atoms with van der Waals surface area (Å²) in [6.07, 6.45) is 1.78. The molecule has 1 amide bonds. The molecule has 0 radical (unpaired) electrons. The van der Waals surface area contributed by atoms with Crippen LogP contribution in [0.1, 0.15) is 23.2 Å². The van der Waals surface area contributed by atoms with Gasteiger partial charge in [-0.15, -0.1) is 11.6 Å². The van der Waals surface area contributed by atoms with Gasteiger partial charge in [-0.1, -0.05) is 30.3 Å². The molecule has 2 nitrogen and oxygen atoms in total. The lowest BCUT2D eigenvalue weighted by Gasteiger charge is -2.29. The van der Waals surface area contributed by atoms with Crippen molar-refractivity contribution >= 4 is 28.3 Å². The first-order valence-corrected chi connectivity index (χ1v) is 7.10. The van der Waals surface area contributed by atoms with Crippen LogP contribution in [0, 0.1) is 0 Å². The summed E-state index contributed by atoms with van der Waals surface area (Å²) in [7, 11) is 0. The van der Waals surface area contributed by atoms with E-state index in [0.29, 0.717) is 0 Å². The second-order valence-corrected chi connectivity index (χ2v) is 5.65. The van der Waals surface area contributed by atoms with Crippen molar-refractivity contribution in [2.45, 2.75) is 18.2 Å². The summed E-state index contributed by atoms with van der Waals surface area (Å²) in [5.41, 5.74) is 0.770. The van der Waals surface area contributed by atoms with E-state index < -0.39 is 0 Å². The van der Waals surface area contributed by atoms with Crippen molar-refractivity contribution in [1.82, 2.24) is 4.90 Å². The van der Waals surface area contributed by atoms with E-state index in [1.165, 1.54) is 5.39 Å². The number of hydrogen-bond donors (Lipinski definition) is 0. The van der Waals surface area contributed by atoms with Crippen molar-refractivity contribution in [3.05, 3.63) is 48.0 Å². The van der Waals surface area contributed by atoms with Gasteiger partial charge in [0, 0.05) is 24.0 Å². The highest BCUT2D eigenvalue weighted by atomic mass is 35.5. The quantitative estimate of drug-likeness (QED) is 0.726. The molecular weight excluding hydrogens is 258 g/mol. The van der Waals surface area contributed by atoms with Gasteiger partial charge in [-0.2, -0.15) is 0 Å². The molecule has 0 spiro atoms. The molecule has 1 fully saturated rings. The molecule has 1 saturated heterocycles. The van der Waals surface area contributed by atoms with Crippen LogP contribution in [0.2, 0.25) is 0 Å². The van der Waals surface area contributed by atoms with Crippen molar-refractivity contribution < 1.29 is 4.79 Å². The van der Waals surface area contributed by atoms with Crippen LogP contribution >= 0.6 is 11.6 Å². The molecule has 0 unspecified atom stereocenters. The SMILES string of the molecule is O=C(c1ccc2ccccc2c1)N1CCC(Cl)CC1. The van der Waals surface area contributed by atoms with Gasteiger partial charge in [-0.25, -0.2) is 0 Å². The summed E-state index contributed by atoms with van der Waals surface area (Å²) in [5.74, 6) is 0.120. The summed E-state index contributed by atoms with van der Waals surface area (Å²) >= 11 is 6.07. The molecule has 2 aromatic carbocycles. The van der Waals surface area contributed by atoms with E-state index in [1.807, 2.05) is 41.3 Å². The number of rotatable bonds is 1. The van der Waals surface area contributed by atoms with Gasteiger partial charge in [0.1, 0.15) is 0 Å². The fourth-order valence-corrected chi connectivity index (χ4v) is 2.75. The topological polar surface area (TPSA) is 20.3 Å². The van der Waals surface area contributed by atoms with Crippen molar-refractivity contribution in [1.29, 1.82) is 0 Å². The third-order valence-electron chi connectivity index (χ3n) is 3.71. The molecule has 2 aromatic rings. The van der Waals surface area contributed by atoms with Crippen molar-refractivity contribution in [2.24, 2.45) is 0 Å². The second-order valence-electron chi connectivity index (χ2n) is 5.03. The van der Waals surface area contributed by atoms with Gasteiger partial charge in [0.25, 0.3) is 5.91 Å². The van der Waals surface area contributed by atoms with Gasteiger partial charge in [-0.05, 0) is 35.7 Å². The Balaban J connectivity index is 1.85. The molecule has 3 rings (SSSR count). The number of hydrogen-bond acceptors (Lipinski definition) is 1. The van der Waals surface area contributed by atoms with E-state index in [0.717, 1.165) is 36.9 Å². The molecule has 0 atom stereocenters. The van der Waals surface area contributed by atoms with Gasteiger partial charge in [-0.3, -0.25) is 4.79 Å². The van der Waals surface area contributed by atoms with Crippen LogP contribution in [0.4, 0.5) is 0 Å². The number of benzene rings is 2. The average molecular weight is 274 g/mol. The first-order valence-electron chi connectivity index (χ1n) is 6.66. The molecule has 0 aromatic heterocycles. The lowest BCUT2D eigenvalue weighted by molar-refractivity contribution is 0.0726. The molecule has 1 aliphatic heterocycles. The van der Waals surface area contributed by atoms with Crippen LogP contribution < -0.4 is 0 Å². The maximum atomic E-state index is 12.4. The first kappa shape index (κ1) is 12.5. The highest BCUT2D eigenvalue weighted by Gasteiger charge is 2.22. The largest absolute Gasteiger partial charge is 0.339 e. The van der Waals surface area contributed by atoms with E-state index in [-0.39, 0.29) is 11.3 Å². The zero-order valence-corrected chi connectivity index (χ0v) is 11.4. The molecule has 0 bridgehead atoms. The number of fused-ring (bicyclic) bond motifs is 1. The number of halogens is 1. The standard InChI is InChI=1S/C16H16ClNO/c17-15-7-9-18(10-8-15)16(19)14-6-5-12-3-1-2-4-13(12)11-14/h1-6,11,15H,7-10H2. The van der Waals surface area contributed by atoms with Crippen LogP contribution in [0.5, 0.6) is 0 Å². The Morgan fingerprint density at radius 3 is 2.47 bits per heavy atom. The van der Waals surface area contributed by atoms with Crippen LogP contribution in [0.15, 0.2) is 42.5 Å². The lowest BCUT2D eigenvalue weighted by atomic mass is 10.0. The zero-order valence-electron chi connectivity index (χ0n) is 10.7. The summed E-state index contributed by atoms with van der Waals surface area (Å²) < 4.78 is 0. The molecule has 3 heteroatoms. The molecular formula is C16H16ClNO. The van der Waals surface area contributed by atoms with Gasteiger partial charge in [0.2, 0.25) is 0 Å². The lowest BCUT2D eigenvalue weighted by Crippen LogP contribution is -2.38. The predicted molar refractivity (Wildman–Crippen MR) is 78.7 cm³/mol. The molecule has 0 aliphatic carbocycles. The highest BCUT2D eigenvalue weighted by Crippen LogP contribution is 2.20. The van der Waals surface area contributed by atoms with Crippen LogP contribution in [-0.2, 0) is 0 Å². The summed E-state index contributed by atoms with van der Waals surface area (Å²) in [6, 6.07) is 14.0. The van der Waals surface area contributed by atoms with Crippen molar-refractivity contribution in [3.8, 4) is 0 Å². The molecule has 0 N–H and O–H groups in total. The number of likely N-dealkylation sites (tertiary alicyclic amines) is 1. The minimum Gasteiger partial charge on any atom is -0.339 e. The minimum absolute atomic E-state index is 0.120. The number of amides is 1. The maximum absolute atomic E-state index is 12.4. The van der Waals surface area contributed by atoms with E-state index in [1.54, 1.807) is 0 Å². The normalized spacial score (nSPS) is 16.8. The monoisotopic (exact) mass is 273 g/mol. The molecule has 1 aliphatic rings. The average Bonchev–Trinajstić information content (AvgIpc) is 2.47. The van der Waals surface area contributed by atoms with E-state index in [2.05, 4.69) is 6.07 Å². The van der Waals surface area contributed by atoms with Gasteiger partial charge >= 0.3 is 0 Å². The number of alkyl halides is 1. The Bertz CT molecular complexity index is 602. The Kier molecular flexibility index (Phi) is 3.43. The van der Waals surface area contributed by atoms with Crippen LogP contribution in [0.3, 0.4) is 0 Å². The summed E-state index contributed by atoms with van der Waals surface area (Å²) in [5, 5.41) is 2.50. The maximum Gasteiger partial charge on any atom is 0.253 e. The number of carbonyl (C=O) groups excluding carboxylic acids is 1. The predicted octanol–water partition coefficient (Wildman–Crippen LogP) is 3.68. The molecule has 0 saturated carbocycles. The molecule has 1 heterocycles. The highest BCUT2D eigenvalue weighted by molar-refractivity contribution is 6.20. The van der Waals surface area contributed by atoms with E-state index in [9.17, 15) is 4.79 Å². The fourth-order valence-electron chi connectivity index (χ4n) is 2.56. The summed E-state index contributed by atoms with van der Waals surface area (Å²) in [4.78, 5) is 14.3. The van der Waals surface area contributed by atoms with Crippen LogP contribution in [0.25, 0.3) is 10.8 Å². The third-order valence-corrected chi connectivity index (χ3v) is 4.14. The number of nitrogens with zero attached hydrogens (tertiary/aromatic N) is 1. The Morgan fingerprint density at radius 1 is 1.05 bits per heavy atom. The second kappa shape index (κ2) is 5.22. The molecule has 98 valence electrons. The smallest absolute Gasteiger partial charge is 0.253 e. The zero-order chi connectivity index (χ0) is 13.2. The first-order chi connectivity index (χ1) is 9.24. The Labute approximate surface area is 118 Å². The minimum atomic E-state index is 0.120. The van der Waals surface area contributed by atoms with E-state index >= 15 is 0 Å².